The van der Waals surface area contributed by atoms with Gasteiger partial charge in [0.25, 0.3) is 5.91 Å². The van der Waals surface area contributed by atoms with Crippen LogP contribution in [0.3, 0.4) is 0 Å². The average molecular weight is 282 g/mol. The van der Waals surface area contributed by atoms with Crippen molar-refractivity contribution in [3.8, 4) is 0 Å². The smallest absolute Gasteiger partial charge is 0.256 e. The van der Waals surface area contributed by atoms with Crippen LogP contribution >= 0.6 is 0 Å². The van der Waals surface area contributed by atoms with Gasteiger partial charge in [0, 0.05) is 24.8 Å². The first kappa shape index (κ1) is 14.8. The quantitative estimate of drug-likeness (QED) is 0.847. The lowest BCUT2D eigenvalue weighted by molar-refractivity contribution is 0.0673. The molecule has 1 fully saturated rings. The van der Waals surface area contributed by atoms with Gasteiger partial charge < -0.3 is 10.6 Å². The Kier molecular flexibility index (Phi) is 4.26. The number of hydrogen-bond acceptors (Lipinski definition) is 2. The Morgan fingerprint density at radius 3 is 2.60 bits per heavy atom. The topological polar surface area (TPSA) is 46.3 Å². The third kappa shape index (κ3) is 2.92. The predicted molar refractivity (Wildman–Crippen MR) is 74.3 cm³/mol. The Bertz CT molecular complexity index is 519. The molecule has 0 spiro atoms. The van der Waals surface area contributed by atoms with E-state index < -0.39 is 11.6 Å². The fraction of sp³-hybridized carbons (Fsp3) is 0.533. The first-order valence-electron chi connectivity index (χ1n) is 6.91. The van der Waals surface area contributed by atoms with Gasteiger partial charge in [-0.25, -0.2) is 8.78 Å². The molecule has 0 aliphatic heterocycles. The van der Waals surface area contributed by atoms with Crippen molar-refractivity contribution in [3.05, 3.63) is 29.3 Å². The molecule has 2 unspecified atom stereocenters. The van der Waals surface area contributed by atoms with Crippen LogP contribution in [0.5, 0.6) is 0 Å². The van der Waals surface area contributed by atoms with Gasteiger partial charge in [-0.3, -0.25) is 4.79 Å². The molecule has 110 valence electrons. The Hall–Kier alpha value is -1.65. The highest BCUT2D eigenvalue weighted by Crippen LogP contribution is 2.28. The summed E-state index contributed by atoms with van der Waals surface area (Å²) in [5.41, 5.74) is 5.64. The number of nitrogens with two attached hydrogens (primary N) is 1. The molecule has 20 heavy (non-hydrogen) atoms. The Labute approximate surface area is 117 Å². The lowest BCUT2D eigenvalue weighted by Gasteiger charge is -2.34. The Morgan fingerprint density at radius 1 is 1.30 bits per heavy atom. The van der Waals surface area contributed by atoms with E-state index in [1.807, 2.05) is 0 Å². The van der Waals surface area contributed by atoms with E-state index in [9.17, 15) is 13.6 Å². The molecule has 0 heterocycles. The van der Waals surface area contributed by atoms with E-state index in [0.29, 0.717) is 5.92 Å². The van der Waals surface area contributed by atoms with Gasteiger partial charge in [-0.2, -0.15) is 0 Å². The third-order valence-electron chi connectivity index (χ3n) is 4.10. The predicted octanol–water partition coefficient (Wildman–Crippen LogP) is 3.20. The number of halogens is 2. The van der Waals surface area contributed by atoms with Crippen molar-refractivity contribution >= 4 is 11.6 Å². The van der Waals surface area contributed by atoms with Gasteiger partial charge in [-0.05, 0) is 24.8 Å². The van der Waals surface area contributed by atoms with Gasteiger partial charge in [0.2, 0.25) is 0 Å². The van der Waals surface area contributed by atoms with E-state index in [1.54, 1.807) is 11.9 Å². The molecule has 1 saturated carbocycles. The van der Waals surface area contributed by atoms with E-state index in [1.165, 1.54) is 6.42 Å². The summed E-state index contributed by atoms with van der Waals surface area (Å²) < 4.78 is 26.3. The number of benzene rings is 1. The molecule has 0 bridgehead atoms. The van der Waals surface area contributed by atoms with Crippen LogP contribution in [0.1, 0.15) is 43.0 Å². The number of nitrogens with zero attached hydrogens (tertiary/aromatic N) is 1. The van der Waals surface area contributed by atoms with Gasteiger partial charge in [-0.1, -0.05) is 19.8 Å². The van der Waals surface area contributed by atoms with Crippen LogP contribution < -0.4 is 5.73 Å². The zero-order valence-electron chi connectivity index (χ0n) is 11.8. The number of hydrogen-bond donors (Lipinski definition) is 1. The molecule has 0 saturated heterocycles. The minimum Gasteiger partial charge on any atom is -0.398 e. The van der Waals surface area contributed by atoms with E-state index >= 15 is 0 Å². The molecule has 1 aliphatic rings. The summed E-state index contributed by atoms with van der Waals surface area (Å²) in [6, 6.07) is 1.88. The Morgan fingerprint density at radius 2 is 1.95 bits per heavy atom. The molecule has 3 nitrogen and oxygen atoms in total. The average Bonchev–Trinajstić information content (AvgIpc) is 2.41. The molecule has 1 aliphatic carbocycles. The maximum Gasteiger partial charge on any atom is 0.256 e. The normalized spacial score (nSPS) is 22.6. The fourth-order valence-electron chi connectivity index (χ4n) is 2.86. The van der Waals surface area contributed by atoms with Crippen molar-refractivity contribution in [3.63, 3.8) is 0 Å². The third-order valence-corrected chi connectivity index (χ3v) is 4.10. The maximum atomic E-state index is 13.3. The summed E-state index contributed by atoms with van der Waals surface area (Å²) in [4.78, 5) is 14.0. The second-order valence-electron chi connectivity index (χ2n) is 5.70. The lowest BCUT2D eigenvalue weighted by Crippen LogP contribution is -2.40. The van der Waals surface area contributed by atoms with E-state index in [2.05, 4.69) is 6.92 Å². The number of nitrogen functional groups attached to an aromatic ring is 1. The van der Waals surface area contributed by atoms with Crippen LogP contribution in [0.25, 0.3) is 0 Å². The van der Waals surface area contributed by atoms with Crippen molar-refractivity contribution in [1.82, 2.24) is 4.90 Å². The van der Waals surface area contributed by atoms with Gasteiger partial charge in [0.1, 0.15) is 0 Å². The summed E-state index contributed by atoms with van der Waals surface area (Å²) in [6.07, 6.45) is 4.13. The van der Waals surface area contributed by atoms with Crippen molar-refractivity contribution in [1.29, 1.82) is 0 Å². The number of rotatable bonds is 2. The Balaban J connectivity index is 2.20. The summed E-state index contributed by atoms with van der Waals surface area (Å²) in [7, 11) is 1.70. The first-order valence-corrected chi connectivity index (χ1v) is 6.91. The fourth-order valence-corrected chi connectivity index (χ4v) is 2.86. The van der Waals surface area contributed by atoms with Crippen LogP contribution in [-0.4, -0.2) is 23.9 Å². The molecule has 5 heteroatoms. The van der Waals surface area contributed by atoms with Gasteiger partial charge >= 0.3 is 0 Å². The highest BCUT2D eigenvalue weighted by molar-refractivity contribution is 5.99. The lowest BCUT2D eigenvalue weighted by atomic mass is 9.86. The summed E-state index contributed by atoms with van der Waals surface area (Å²) in [5, 5.41) is 0. The van der Waals surface area contributed by atoms with Gasteiger partial charge in [0.15, 0.2) is 11.6 Å². The zero-order chi connectivity index (χ0) is 14.9. The van der Waals surface area contributed by atoms with E-state index in [4.69, 9.17) is 5.73 Å². The van der Waals surface area contributed by atoms with Crippen LogP contribution in [0, 0.1) is 17.6 Å². The number of carbonyl (C=O) groups excluding carboxylic acids is 1. The molecule has 1 aromatic carbocycles. The molecule has 0 aromatic heterocycles. The molecule has 2 N–H and O–H groups in total. The minimum absolute atomic E-state index is 0.0235. The van der Waals surface area contributed by atoms with Crippen molar-refractivity contribution in [2.75, 3.05) is 12.8 Å². The summed E-state index contributed by atoms with van der Waals surface area (Å²) >= 11 is 0. The summed E-state index contributed by atoms with van der Waals surface area (Å²) in [5.74, 6) is -1.85. The molecule has 2 rings (SSSR count). The highest BCUT2D eigenvalue weighted by Gasteiger charge is 2.27. The van der Waals surface area contributed by atoms with Gasteiger partial charge in [-0.15, -0.1) is 0 Å². The van der Waals surface area contributed by atoms with Crippen molar-refractivity contribution < 1.29 is 13.6 Å². The molecular weight excluding hydrogens is 262 g/mol. The molecular formula is C15H20F2N2O. The maximum absolute atomic E-state index is 13.3. The summed E-state index contributed by atoms with van der Waals surface area (Å²) in [6.45, 7) is 2.16. The number of anilines is 1. The standard InChI is InChI=1S/C15H20F2N2O/c1-9-4-3-5-10(6-9)19(2)15(20)11-7-12(16)13(17)8-14(11)18/h7-10H,3-6,18H2,1-2H3. The number of amides is 1. The van der Waals surface area contributed by atoms with E-state index in [0.717, 1.165) is 31.4 Å². The monoisotopic (exact) mass is 282 g/mol. The number of carbonyl (C=O) groups is 1. The molecule has 2 atom stereocenters. The second kappa shape index (κ2) is 5.77. The molecule has 1 amide bonds. The SMILES string of the molecule is CC1CCCC(N(C)C(=O)c2cc(F)c(F)cc2N)C1. The first-order chi connectivity index (χ1) is 9.40. The molecule has 0 radical (unpaired) electrons. The zero-order valence-corrected chi connectivity index (χ0v) is 11.8. The highest BCUT2D eigenvalue weighted by atomic mass is 19.2. The second-order valence-corrected chi connectivity index (χ2v) is 5.70. The van der Waals surface area contributed by atoms with Crippen LogP contribution in [0.4, 0.5) is 14.5 Å². The minimum atomic E-state index is -1.05. The van der Waals surface area contributed by atoms with Crippen molar-refractivity contribution in [2.24, 2.45) is 5.92 Å². The van der Waals surface area contributed by atoms with Crippen molar-refractivity contribution in [2.45, 2.75) is 38.6 Å². The van der Waals surface area contributed by atoms with Crippen LogP contribution in [0.2, 0.25) is 0 Å². The van der Waals surface area contributed by atoms with Gasteiger partial charge in [0.05, 0.1) is 5.56 Å². The van der Waals surface area contributed by atoms with E-state index in [-0.39, 0.29) is 23.2 Å². The largest absolute Gasteiger partial charge is 0.398 e. The molecule has 1 aromatic rings. The van der Waals surface area contributed by atoms with Crippen LogP contribution in [-0.2, 0) is 0 Å². The van der Waals surface area contributed by atoms with Crippen LogP contribution in [0.15, 0.2) is 12.1 Å².